The highest BCUT2D eigenvalue weighted by molar-refractivity contribution is 9.10. The molecule has 1 aliphatic rings. The fourth-order valence-electron chi connectivity index (χ4n) is 3.33. The number of carbonyl (C=O) groups excluding carboxylic acids is 3. The number of nitrogens with one attached hydrogen (secondary N) is 2. The molecule has 6 nitrogen and oxygen atoms in total. The number of hydrogen-bond acceptors (Lipinski definition) is 3. The molecule has 1 aliphatic heterocycles. The van der Waals surface area contributed by atoms with Crippen LogP contribution >= 0.6 is 15.9 Å². The highest BCUT2D eigenvalue weighted by Gasteiger charge is 2.49. The number of imide groups is 1. The third-order valence-corrected chi connectivity index (χ3v) is 5.81. The van der Waals surface area contributed by atoms with Crippen molar-refractivity contribution in [1.29, 1.82) is 0 Å². The molecule has 1 unspecified atom stereocenters. The molecule has 0 bridgehead atoms. The Kier molecular flexibility index (Phi) is 5.80. The molecule has 2 aromatic carbocycles. The molecular formula is C22H24BrN3O3. The fourth-order valence-corrected chi connectivity index (χ4v) is 3.59. The van der Waals surface area contributed by atoms with Gasteiger partial charge in [0.1, 0.15) is 12.1 Å². The number of amides is 4. The van der Waals surface area contributed by atoms with E-state index >= 15 is 0 Å². The van der Waals surface area contributed by atoms with Crippen molar-refractivity contribution in [3.8, 4) is 0 Å². The number of halogens is 1. The van der Waals surface area contributed by atoms with Gasteiger partial charge in [0.25, 0.3) is 5.91 Å². The van der Waals surface area contributed by atoms with E-state index < -0.39 is 17.5 Å². The largest absolute Gasteiger partial charge is 0.354 e. The maximum atomic E-state index is 12.9. The standard InChI is InChI=1S/C22H24BrN3O3/c1-21(2,15-9-11-17(23)12-10-15)14-24-18(27)13-26-19(28)22(3,25-20(26)29)16-7-5-4-6-8-16/h4-12H,13-14H2,1-3H3,(H,24,27)(H,25,29). The monoisotopic (exact) mass is 457 g/mol. The number of hydrogen-bond donors (Lipinski definition) is 2. The zero-order valence-corrected chi connectivity index (χ0v) is 18.2. The van der Waals surface area contributed by atoms with E-state index in [0.29, 0.717) is 12.1 Å². The van der Waals surface area contributed by atoms with Gasteiger partial charge in [0.05, 0.1) is 0 Å². The van der Waals surface area contributed by atoms with E-state index in [0.717, 1.165) is 14.9 Å². The number of rotatable bonds is 6. The highest BCUT2D eigenvalue weighted by Crippen LogP contribution is 2.28. The van der Waals surface area contributed by atoms with Crippen molar-refractivity contribution in [3.05, 3.63) is 70.2 Å². The quantitative estimate of drug-likeness (QED) is 0.653. The molecule has 1 heterocycles. The van der Waals surface area contributed by atoms with Crippen molar-refractivity contribution >= 4 is 33.8 Å². The maximum Gasteiger partial charge on any atom is 0.325 e. The van der Waals surface area contributed by atoms with Crippen LogP contribution in [0, 0.1) is 0 Å². The second kappa shape index (κ2) is 7.99. The van der Waals surface area contributed by atoms with Crippen molar-refractivity contribution in [2.45, 2.75) is 31.7 Å². The van der Waals surface area contributed by atoms with Crippen LogP contribution in [0.1, 0.15) is 31.9 Å². The Labute approximate surface area is 178 Å². The zero-order chi connectivity index (χ0) is 21.2. The summed E-state index contributed by atoms with van der Waals surface area (Å²) >= 11 is 3.42. The van der Waals surface area contributed by atoms with Crippen LogP contribution in [0.4, 0.5) is 4.79 Å². The third kappa shape index (κ3) is 4.34. The molecule has 152 valence electrons. The first kappa shape index (κ1) is 21.0. The van der Waals surface area contributed by atoms with Gasteiger partial charge >= 0.3 is 6.03 Å². The van der Waals surface area contributed by atoms with Crippen LogP contribution < -0.4 is 10.6 Å². The number of nitrogens with zero attached hydrogens (tertiary/aromatic N) is 1. The molecule has 0 radical (unpaired) electrons. The lowest BCUT2D eigenvalue weighted by atomic mass is 9.84. The van der Waals surface area contributed by atoms with Crippen LogP contribution in [0.25, 0.3) is 0 Å². The van der Waals surface area contributed by atoms with Gasteiger partial charge in [0.2, 0.25) is 5.91 Å². The summed E-state index contributed by atoms with van der Waals surface area (Å²) in [6.45, 7) is 5.76. The van der Waals surface area contributed by atoms with Gasteiger partial charge in [-0.15, -0.1) is 0 Å². The fraction of sp³-hybridized carbons (Fsp3) is 0.318. The summed E-state index contributed by atoms with van der Waals surface area (Å²) in [6, 6.07) is 16.4. The Morgan fingerprint density at radius 2 is 1.72 bits per heavy atom. The first-order chi connectivity index (χ1) is 13.6. The van der Waals surface area contributed by atoms with Gasteiger partial charge in [-0.1, -0.05) is 72.2 Å². The first-order valence-electron chi connectivity index (χ1n) is 9.36. The second-order valence-electron chi connectivity index (χ2n) is 7.98. The van der Waals surface area contributed by atoms with E-state index in [1.165, 1.54) is 0 Å². The third-order valence-electron chi connectivity index (χ3n) is 5.28. The summed E-state index contributed by atoms with van der Waals surface area (Å²) < 4.78 is 0.987. The lowest BCUT2D eigenvalue weighted by molar-refractivity contribution is -0.134. The number of urea groups is 1. The summed E-state index contributed by atoms with van der Waals surface area (Å²) in [6.07, 6.45) is 0. The Morgan fingerprint density at radius 3 is 2.34 bits per heavy atom. The summed E-state index contributed by atoms with van der Waals surface area (Å²) in [7, 11) is 0. The smallest absolute Gasteiger partial charge is 0.325 e. The molecule has 29 heavy (non-hydrogen) atoms. The van der Waals surface area contributed by atoms with Crippen LogP contribution in [-0.4, -0.2) is 35.8 Å². The summed E-state index contributed by atoms with van der Waals surface area (Å²) in [5.74, 6) is -0.813. The van der Waals surface area contributed by atoms with Crippen molar-refractivity contribution in [2.75, 3.05) is 13.1 Å². The minimum absolute atomic E-state index is 0.299. The van der Waals surface area contributed by atoms with E-state index in [2.05, 4.69) is 26.6 Å². The predicted molar refractivity (Wildman–Crippen MR) is 114 cm³/mol. The van der Waals surface area contributed by atoms with Crippen molar-refractivity contribution < 1.29 is 14.4 Å². The Morgan fingerprint density at radius 1 is 1.10 bits per heavy atom. The second-order valence-corrected chi connectivity index (χ2v) is 8.90. The minimum atomic E-state index is -1.17. The number of benzene rings is 2. The average Bonchev–Trinajstić information content (AvgIpc) is 2.91. The van der Waals surface area contributed by atoms with Crippen LogP contribution in [0.5, 0.6) is 0 Å². The lowest BCUT2D eigenvalue weighted by Crippen LogP contribution is -2.45. The van der Waals surface area contributed by atoms with Gasteiger partial charge in [-0.3, -0.25) is 14.5 Å². The lowest BCUT2D eigenvalue weighted by Gasteiger charge is -2.26. The van der Waals surface area contributed by atoms with E-state index in [4.69, 9.17) is 0 Å². The summed E-state index contributed by atoms with van der Waals surface area (Å²) in [5.41, 5.74) is 0.284. The minimum Gasteiger partial charge on any atom is -0.354 e. The summed E-state index contributed by atoms with van der Waals surface area (Å²) in [5, 5.41) is 5.55. The molecule has 1 fully saturated rings. The van der Waals surface area contributed by atoms with Crippen molar-refractivity contribution in [3.63, 3.8) is 0 Å². The van der Waals surface area contributed by atoms with E-state index in [-0.39, 0.29) is 17.9 Å². The molecule has 1 saturated heterocycles. The zero-order valence-electron chi connectivity index (χ0n) is 16.7. The van der Waals surface area contributed by atoms with Crippen LogP contribution in [-0.2, 0) is 20.5 Å². The van der Waals surface area contributed by atoms with Gasteiger partial charge in [0, 0.05) is 16.4 Å². The topological polar surface area (TPSA) is 78.5 Å². The first-order valence-corrected chi connectivity index (χ1v) is 10.2. The predicted octanol–water partition coefficient (Wildman–Crippen LogP) is 3.31. The molecule has 0 saturated carbocycles. The molecule has 3 rings (SSSR count). The number of carbonyl (C=O) groups is 3. The molecule has 0 aromatic heterocycles. The molecule has 2 aromatic rings. The van der Waals surface area contributed by atoms with Crippen LogP contribution in [0.2, 0.25) is 0 Å². The SMILES string of the molecule is CC(C)(CNC(=O)CN1C(=O)NC(C)(c2ccccc2)C1=O)c1ccc(Br)cc1. The maximum absolute atomic E-state index is 12.9. The average molecular weight is 458 g/mol. The van der Waals surface area contributed by atoms with Gasteiger partial charge < -0.3 is 10.6 Å². The Hall–Kier alpha value is -2.67. The van der Waals surface area contributed by atoms with Gasteiger partial charge in [0.15, 0.2) is 0 Å². The van der Waals surface area contributed by atoms with Crippen molar-refractivity contribution in [1.82, 2.24) is 15.5 Å². The van der Waals surface area contributed by atoms with Crippen molar-refractivity contribution in [2.24, 2.45) is 0 Å². The Balaban J connectivity index is 1.64. The molecule has 7 heteroatoms. The molecule has 4 amide bonds. The molecule has 2 N–H and O–H groups in total. The normalized spacial score (nSPS) is 19.2. The van der Waals surface area contributed by atoms with Crippen LogP contribution in [0.3, 0.4) is 0 Å². The van der Waals surface area contributed by atoms with Gasteiger partial charge in [-0.25, -0.2) is 4.79 Å². The van der Waals surface area contributed by atoms with E-state index in [1.54, 1.807) is 31.2 Å². The van der Waals surface area contributed by atoms with E-state index in [1.807, 2.05) is 44.2 Å². The molecule has 1 atom stereocenters. The Bertz CT molecular complexity index is 928. The van der Waals surface area contributed by atoms with Crippen LogP contribution in [0.15, 0.2) is 59.1 Å². The van der Waals surface area contributed by atoms with E-state index in [9.17, 15) is 14.4 Å². The molecular weight excluding hydrogens is 434 g/mol. The molecule has 0 spiro atoms. The molecule has 0 aliphatic carbocycles. The highest BCUT2D eigenvalue weighted by atomic mass is 79.9. The summed E-state index contributed by atoms with van der Waals surface area (Å²) in [4.78, 5) is 38.7. The van der Waals surface area contributed by atoms with Gasteiger partial charge in [-0.2, -0.15) is 0 Å². The van der Waals surface area contributed by atoms with Gasteiger partial charge in [-0.05, 0) is 30.2 Å².